The smallest absolute Gasteiger partial charge is 0.205 e. The summed E-state index contributed by atoms with van der Waals surface area (Å²) in [7, 11) is 0. The molecule has 5 nitrogen and oxygen atoms in total. The Kier molecular flexibility index (Phi) is 5.42. The normalized spacial score (nSPS) is 22.1. The van der Waals surface area contributed by atoms with Gasteiger partial charge >= 0.3 is 0 Å². The van der Waals surface area contributed by atoms with Crippen LogP contribution in [0.5, 0.6) is 0 Å². The topological polar surface area (TPSA) is 71.7 Å². The molecule has 0 spiro atoms. The van der Waals surface area contributed by atoms with Gasteiger partial charge in [-0.2, -0.15) is 0 Å². The van der Waals surface area contributed by atoms with Gasteiger partial charge in [-0.3, -0.25) is 10.4 Å². The van der Waals surface area contributed by atoms with Gasteiger partial charge in [-0.15, -0.1) is 0 Å². The first-order valence-electron chi connectivity index (χ1n) is 5.57. The number of ether oxygens (including phenoxy) is 1. The highest BCUT2D eigenvalue weighted by atomic mass is 16.5. The molecule has 1 atom stereocenters. The van der Waals surface area contributed by atoms with Gasteiger partial charge in [0.2, 0.25) is 5.96 Å². The maximum atomic E-state index is 5.35. The molecule has 0 saturated carbocycles. The zero-order chi connectivity index (χ0) is 11.1. The molecule has 1 unspecified atom stereocenters. The molecule has 15 heavy (non-hydrogen) atoms. The fourth-order valence-electron chi connectivity index (χ4n) is 1.58. The van der Waals surface area contributed by atoms with Crippen molar-refractivity contribution in [2.75, 3.05) is 19.8 Å². The number of guanidine groups is 1. The van der Waals surface area contributed by atoms with Gasteiger partial charge < -0.3 is 10.1 Å². The Bertz CT molecular complexity index is 200. The summed E-state index contributed by atoms with van der Waals surface area (Å²) in [4.78, 5) is 4.36. The van der Waals surface area contributed by atoms with Gasteiger partial charge in [0.05, 0.1) is 0 Å². The van der Waals surface area contributed by atoms with E-state index in [-0.39, 0.29) is 0 Å². The van der Waals surface area contributed by atoms with Gasteiger partial charge in [0.1, 0.15) is 0 Å². The molecule has 0 aromatic carbocycles. The lowest BCUT2D eigenvalue weighted by Crippen LogP contribution is -2.44. The number of rotatable bonds is 4. The van der Waals surface area contributed by atoms with E-state index in [1.165, 1.54) is 6.42 Å². The van der Waals surface area contributed by atoms with Crippen LogP contribution in [0, 0.1) is 5.92 Å². The van der Waals surface area contributed by atoms with Crippen molar-refractivity contribution < 1.29 is 4.74 Å². The first-order chi connectivity index (χ1) is 7.22. The molecule has 0 bridgehead atoms. The molecular weight excluding hydrogens is 192 g/mol. The average Bonchev–Trinajstić information content (AvgIpc) is 2.68. The van der Waals surface area contributed by atoms with Crippen LogP contribution in [-0.4, -0.2) is 31.8 Å². The highest BCUT2D eigenvalue weighted by Crippen LogP contribution is 2.15. The van der Waals surface area contributed by atoms with Gasteiger partial charge in [-0.05, 0) is 32.6 Å². The zero-order valence-corrected chi connectivity index (χ0v) is 9.62. The van der Waals surface area contributed by atoms with E-state index in [9.17, 15) is 0 Å². The summed E-state index contributed by atoms with van der Waals surface area (Å²) in [6.07, 6.45) is 2.24. The number of aliphatic imine (C=N–C) groups is 1. The van der Waals surface area contributed by atoms with E-state index in [4.69, 9.17) is 10.6 Å². The Balaban J connectivity index is 2.20. The Labute approximate surface area is 91.4 Å². The zero-order valence-electron chi connectivity index (χ0n) is 9.62. The third-order valence-electron chi connectivity index (χ3n) is 2.39. The van der Waals surface area contributed by atoms with Crippen LogP contribution in [0.1, 0.15) is 26.7 Å². The van der Waals surface area contributed by atoms with Crippen molar-refractivity contribution in [2.45, 2.75) is 32.7 Å². The molecule has 1 rings (SSSR count). The van der Waals surface area contributed by atoms with Crippen LogP contribution < -0.4 is 16.6 Å². The summed E-state index contributed by atoms with van der Waals surface area (Å²) < 4.78 is 5.30. The first kappa shape index (κ1) is 12.3. The lowest BCUT2D eigenvalue weighted by Gasteiger charge is -2.12. The summed E-state index contributed by atoms with van der Waals surface area (Å²) in [5.41, 5.74) is 2.57. The van der Waals surface area contributed by atoms with Crippen molar-refractivity contribution in [3.05, 3.63) is 0 Å². The highest BCUT2D eigenvalue weighted by Gasteiger charge is 2.14. The van der Waals surface area contributed by atoms with E-state index >= 15 is 0 Å². The van der Waals surface area contributed by atoms with Gasteiger partial charge in [0.15, 0.2) is 0 Å². The van der Waals surface area contributed by atoms with Gasteiger partial charge in [0, 0.05) is 25.8 Å². The third-order valence-corrected chi connectivity index (χ3v) is 2.39. The molecule has 0 amide bonds. The van der Waals surface area contributed by atoms with Gasteiger partial charge in [-0.25, -0.2) is 5.84 Å². The molecule has 0 radical (unpaired) electrons. The number of nitrogens with zero attached hydrogens (tertiary/aromatic N) is 1. The second-order valence-corrected chi connectivity index (χ2v) is 4.19. The Morgan fingerprint density at radius 3 is 2.93 bits per heavy atom. The molecule has 1 aliphatic heterocycles. The second-order valence-electron chi connectivity index (χ2n) is 4.19. The van der Waals surface area contributed by atoms with E-state index in [1.54, 1.807) is 0 Å². The van der Waals surface area contributed by atoms with Gasteiger partial charge in [-0.1, -0.05) is 0 Å². The molecule has 1 fully saturated rings. The Hall–Kier alpha value is -0.810. The number of hydrazine groups is 1. The Morgan fingerprint density at radius 2 is 2.40 bits per heavy atom. The van der Waals surface area contributed by atoms with Crippen molar-refractivity contribution in [2.24, 2.45) is 16.8 Å². The molecule has 1 aliphatic rings. The summed E-state index contributed by atoms with van der Waals surface area (Å²) >= 11 is 0. The van der Waals surface area contributed by atoms with E-state index in [0.717, 1.165) is 26.2 Å². The highest BCUT2D eigenvalue weighted by molar-refractivity contribution is 5.79. The molecule has 5 heteroatoms. The van der Waals surface area contributed by atoms with Crippen LogP contribution >= 0.6 is 0 Å². The summed E-state index contributed by atoms with van der Waals surface area (Å²) in [5.74, 6) is 6.69. The van der Waals surface area contributed by atoms with Crippen molar-refractivity contribution >= 4 is 5.96 Å². The minimum absolute atomic E-state index is 0.342. The largest absolute Gasteiger partial charge is 0.381 e. The van der Waals surface area contributed by atoms with Crippen molar-refractivity contribution in [1.82, 2.24) is 10.7 Å². The molecule has 1 saturated heterocycles. The lowest BCUT2D eigenvalue weighted by atomic mass is 10.1. The van der Waals surface area contributed by atoms with Crippen molar-refractivity contribution in [1.29, 1.82) is 0 Å². The predicted molar refractivity (Wildman–Crippen MR) is 61.4 cm³/mol. The lowest BCUT2D eigenvalue weighted by molar-refractivity contribution is 0.184. The minimum Gasteiger partial charge on any atom is -0.381 e. The maximum Gasteiger partial charge on any atom is 0.205 e. The summed E-state index contributed by atoms with van der Waals surface area (Å²) in [6, 6.07) is 0.342. The van der Waals surface area contributed by atoms with Crippen LogP contribution in [-0.2, 0) is 4.74 Å². The maximum absolute atomic E-state index is 5.35. The van der Waals surface area contributed by atoms with Crippen LogP contribution in [0.3, 0.4) is 0 Å². The van der Waals surface area contributed by atoms with E-state index in [2.05, 4.69) is 29.6 Å². The fourth-order valence-corrected chi connectivity index (χ4v) is 1.58. The number of hydrogen-bond donors (Lipinski definition) is 3. The van der Waals surface area contributed by atoms with Crippen LogP contribution in [0.25, 0.3) is 0 Å². The quantitative estimate of drug-likeness (QED) is 0.271. The molecular formula is C10H22N4O. The van der Waals surface area contributed by atoms with Gasteiger partial charge in [0.25, 0.3) is 0 Å². The molecule has 1 heterocycles. The molecule has 4 N–H and O–H groups in total. The van der Waals surface area contributed by atoms with Crippen LogP contribution in [0.2, 0.25) is 0 Å². The van der Waals surface area contributed by atoms with E-state index < -0.39 is 0 Å². The number of nitrogens with two attached hydrogens (primary N) is 1. The summed E-state index contributed by atoms with van der Waals surface area (Å²) in [5, 5.41) is 3.14. The predicted octanol–water partition coefficient (Wildman–Crippen LogP) is 0.230. The van der Waals surface area contributed by atoms with Crippen molar-refractivity contribution in [3.8, 4) is 0 Å². The second kappa shape index (κ2) is 6.63. The molecule has 0 aromatic rings. The number of nitrogens with one attached hydrogen (secondary N) is 2. The molecule has 88 valence electrons. The molecule has 0 aliphatic carbocycles. The average molecular weight is 214 g/mol. The summed E-state index contributed by atoms with van der Waals surface area (Å²) in [6.45, 7) is 6.70. The van der Waals surface area contributed by atoms with E-state index in [1.807, 2.05) is 0 Å². The fraction of sp³-hybridized carbons (Fsp3) is 0.900. The minimum atomic E-state index is 0.342. The molecule has 0 aromatic heterocycles. The van der Waals surface area contributed by atoms with Crippen LogP contribution in [0.4, 0.5) is 0 Å². The van der Waals surface area contributed by atoms with Crippen molar-refractivity contribution in [3.63, 3.8) is 0 Å². The third kappa shape index (κ3) is 4.99. The van der Waals surface area contributed by atoms with E-state index in [0.29, 0.717) is 17.9 Å². The SMILES string of the molecule is CC(C)NC(=NCCC1CCOC1)NN. The Morgan fingerprint density at radius 1 is 1.60 bits per heavy atom. The number of hydrogen-bond acceptors (Lipinski definition) is 3. The monoisotopic (exact) mass is 214 g/mol. The van der Waals surface area contributed by atoms with Crippen LogP contribution in [0.15, 0.2) is 4.99 Å². The standard InChI is InChI=1S/C10H22N4O/c1-8(2)13-10(14-11)12-5-3-9-4-6-15-7-9/h8-9H,3-7,11H2,1-2H3,(H2,12,13,14). The first-order valence-corrected chi connectivity index (χ1v) is 5.57.